The third kappa shape index (κ3) is 35.1. The second-order valence-corrected chi connectivity index (χ2v) is 15.0. The van der Waals surface area contributed by atoms with Crippen molar-refractivity contribution in [1.82, 2.24) is 0 Å². The highest BCUT2D eigenvalue weighted by Gasteiger charge is 2.28. The standard InChI is InChI=1S/C40H72NO11P/c1-3-5-7-8-9-10-11-12-13-16-19-22-26-30-38(43)49-32-36(33-50-53(47,48)51-34-37(41)40(45)46)52-39(44)31-27-23-20-17-14-15-18-21-25-29-35(42)28-24-6-4-2/h6,18,21,24-25,29,35-37,42H,3-5,7-17,19-20,22-23,26-28,30-34,41H2,1-2H3,(H,45,46)(H,47,48)/b21-18+,24-6+,29-25+/t35?,36-,37+/m1/s1. The van der Waals surface area contributed by atoms with E-state index < -0.39 is 57.2 Å². The first-order chi connectivity index (χ1) is 25.5. The van der Waals surface area contributed by atoms with Gasteiger partial charge >= 0.3 is 25.7 Å². The van der Waals surface area contributed by atoms with E-state index in [0.717, 1.165) is 57.8 Å². The molecule has 0 aliphatic rings. The molecule has 308 valence electrons. The fourth-order valence-electron chi connectivity index (χ4n) is 5.28. The number of carbonyl (C=O) groups excluding carboxylic acids is 2. The van der Waals surface area contributed by atoms with Gasteiger partial charge in [0.05, 0.1) is 19.3 Å². The van der Waals surface area contributed by atoms with Crippen LogP contribution in [0.3, 0.4) is 0 Å². The van der Waals surface area contributed by atoms with Crippen LogP contribution in [0.1, 0.15) is 162 Å². The van der Waals surface area contributed by atoms with Crippen LogP contribution in [0.15, 0.2) is 36.5 Å². The van der Waals surface area contributed by atoms with E-state index in [1.54, 1.807) is 6.08 Å². The number of hydrogen-bond donors (Lipinski definition) is 4. The summed E-state index contributed by atoms with van der Waals surface area (Å²) in [5.74, 6) is -2.44. The highest BCUT2D eigenvalue weighted by molar-refractivity contribution is 7.47. The van der Waals surface area contributed by atoms with Gasteiger partial charge in [-0.05, 0) is 38.5 Å². The number of phosphoric ester groups is 1. The average molecular weight is 774 g/mol. The van der Waals surface area contributed by atoms with Gasteiger partial charge in [-0.2, -0.15) is 0 Å². The summed E-state index contributed by atoms with van der Waals surface area (Å²) in [5, 5.41) is 18.7. The van der Waals surface area contributed by atoms with Gasteiger partial charge in [0.2, 0.25) is 0 Å². The summed E-state index contributed by atoms with van der Waals surface area (Å²) in [6, 6.07) is -1.53. The monoisotopic (exact) mass is 773 g/mol. The Balaban J connectivity index is 4.48. The number of esters is 2. The minimum atomic E-state index is -4.73. The highest BCUT2D eigenvalue weighted by atomic mass is 31.2. The molecule has 0 bridgehead atoms. The van der Waals surface area contributed by atoms with Crippen molar-refractivity contribution in [3.05, 3.63) is 36.5 Å². The molecule has 12 nitrogen and oxygen atoms in total. The van der Waals surface area contributed by atoms with E-state index in [1.807, 2.05) is 24.3 Å². The molecule has 0 saturated carbocycles. The van der Waals surface area contributed by atoms with Gasteiger partial charge in [0.1, 0.15) is 12.6 Å². The van der Waals surface area contributed by atoms with Crippen LogP contribution >= 0.6 is 7.82 Å². The van der Waals surface area contributed by atoms with Gasteiger partial charge in [-0.1, -0.05) is 147 Å². The Hall–Kier alpha value is -2.34. The lowest BCUT2D eigenvalue weighted by molar-refractivity contribution is -0.161. The van der Waals surface area contributed by atoms with Gasteiger partial charge in [-0.25, -0.2) is 4.57 Å². The quantitative estimate of drug-likeness (QED) is 0.0154. The van der Waals surface area contributed by atoms with E-state index in [1.165, 1.54) is 57.8 Å². The molecule has 53 heavy (non-hydrogen) atoms. The van der Waals surface area contributed by atoms with Crippen molar-refractivity contribution in [3.63, 3.8) is 0 Å². The lowest BCUT2D eigenvalue weighted by Gasteiger charge is -2.20. The third-order valence-corrected chi connectivity index (χ3v) is 9.43. The number of aliphatic hydroxyl groups excluding tert-OH is 1. The maximum Gasteiger partial charge on any atom is 0.472 e. The first kappa shape index (κ1) is 50.7. The molecule has 0 aromatic carbocycles. The minimum absolute atomic E-state index is 0.116. The van der Waals surface area contributed by atoms with E-state index in [9.17, 15) is 28.9 Å². The summed E-state index contributed by atoms with van der Waals surface area (Å²) in [6.45, 7) is 2.54. The predicted molar refractivity (Wildman–Crippen MR) is 209 cm³/mol. The zero-order valence-corrected chi connectivity index (χ0v) is 33.6. The third-order valence-electron chi connectivity index (χ3n) is 8.48. The Bertz CT molecular complexity index is 1070. The van der Waals surface area contributed by atoms with Gasteiger partial charge in [-0.15, -0.1) is 0 Å². The summed E-state index contributed by atoms with van der Waals surface area (Å²) in [6.07, 6.45) is 32.6. The van der Waals surface area contributed by atoms with Crippen molar-refractivity contribution >= 4 is 25.7 Å². The summed E-state index contributed by atoms with van der Waals surface area (Å²) >= 11 is 0. The number of allylic oxidation sites excluding steroid dienone is 4. The zero-order valence-electron chi connectivity index (χ0n) is 32.7. The lowest BCUT2D eigenvalue weighted by atomic mass is 10.0. The van der Waals surface area contributed by atoms with Crippen molar-refractivity contribution in [2.45, 2.75) is 180 Å². The van der Waals surface area contributed by atoms with E-state index in [4.69, 9.17) is 24.8 Å². The first-order valence-electron chi connectivity index (χ1n) is 20.1. The molecule has 0 rings (SSSR count). The molecule has 0 fully saturated rings. The van der Waals surface area contributed by atoms with Gasteiger partial charge in [0.25, 0.3) is 0 Å². The topological polar surface area (TPSA) is 192 Å². The fraction of sp³-hybridized carbons (Fsp3) is 0.775. The molecule has 4 atom stereocenters. The Labute approximate surface area is 319 Å². The van der Waals surface area contributed by atoms with E-state index in [2.05, 4.69) is 24.4 Å². The molecule has 0 spiro atoms. The number of phosphoric acid groups is 1. The largest absolute Gasteiger partial charge is 0.480 e. The van der Waals surface area contributed by atoms with Crippen LogP contribution in [0.25, 0.3) is 0 Å². The van der Waals surface area contributed by atoms with Crippen LogP contribution in [0.2, 0.25) is 0 Å². The van der Waals surface area contributed by atoms with E-state index >= 15 is 0 Å². The average Bonchev–Trinajstić information content (AvgIpc) is 3.12. The van der Waals surface area contributed by atoms with Crippen molar-refractivity contribution in [2.24, 2.45) is 5.73 Å². The van der Waals surface area contributed by atoms with E-state index in [0.29, 0.717) is 19.3 Å². The Morgan fingerprint density at radius 2 is 1.21 bits per heavy atom. The maximum atomic E-state index is 12.6. The molecule has 0 aromatic rings. The molecule has 13 heteroatoms. The number of unbranched alkanes of at least 4 members (excludes halogenated alkanes) is 17. The smallest absolute Gasteiger partial charge is 0.472 e. The molecule has 0 heterocycles. The van der Waals surface area contributed by atoms with Crippen molar-refractivity contribution in [1.29, 1.82) is 0 Å². The summed E-state index contributed by atoms with van der Waals surface area (Å²) in [7, 11) is -4.73. The Morgan fingerprint density at radius 1 is 0.679 bits per heavy atom. The summed E-state index contributed by atoms with van der Waals surface area (Å²) in [4.78, 5) is 45.8. The molecular formula is C40H72NO11P. The second kappa shape index (κ2) is 35.4. The van der Waals surface area contributed by atoms with Crippen LogP contribution in [0.5, 0.6) is 0 Å². The van der Waals surface area contributed by atoms with E-state index in [-0.39, 0.29) is 19.4 Å². The van der Waals surface area contributed by atoms with Crippen molar-refractivity contribution < 1.29 is 52.6 Å². The normalized spacial score (nSPS) is 14.8. The van der Waals surface area contributed by atoms with Gasteiger partial charge in [-0.3, -0.25) is 23.4 Å². The number of carbonyl (C=O) groups is 3. The number of rotatable bonds is 37. The summed E-state index contributed by atoms with van der Waals surface area (Å²) < 4.78 is 32.6. The Morgan fingerprint density at radius 3 is 1.77 bits per heavy atom. The zero-order chi connectivity index (χ0) is 39.4. The number of ether oxygens (including phenoxy) is 2. The van der Waals surface area contributed by atoms with Crippen molar-refractivity contribution in [3.8, 4) is 0 Å². The molecular weight excluding hydrogens is 701 g/mol. The lowest BCUT2D eigenvalue weighted by Crippen LogP contribution is -2.34. The fourth-order valence-corrected chi connectivity index (χ4v) is 6.05. The molecule has 0 saturated heterocycles. The number of hydrogen-bond acceptors (Lipinski definition) is 10. The Kier molecular flexibility index (Phi) is 33.8. The molecule has 0 amide bonds. The maximum absolute atomic E-state index is 12.6. The molecule has 0 aliphatic heterocycles. The van der Waals surface area contributed by atoms with Gasteiger partial charge in [0.15, 0.2) is 6.10 Å². The number of aliphatic carboxylic acids is 1. The van der Waals surface area contributed by atoms with Gasteiger partial charge < -0.3 is 30.3 Å². The summed E-state index contributed by atoms with van der Waals surface area (Å²) in [5.41, 5.74) is 5.32. The predicted octanol–water partition coefficient (Wildman–Crippen LogP) is 9.03. The first-order valence-corrected chi connectivity index (χ1v) is 21.6. The number of carboxylic acids is 1. The highest BCUT2D eigenvalue weighted by Crippen LogP contribution is 2.43. The van der Waals surface area contributed by atoms with Crippen LogP contribution in [0.4, 0.5) is 0 Å². The number of aliphatic hydroxyl groups is 1. The van der Waals surface area contributed by atoms with Crippen LogP contribution in [-0.2, 0) is 37.5 Å². The molecule has 0 aliphatic carbocycles. The van der Waals surface area contributed by atoms with Crippen molar-refractivity contribution in [2.75, 3.05) is 19.8 Å². The van der Waals surface area contributed by atoms with Crippen LogP contribution in [-0.4, -0.2) is 71.1 Å². The molecule has 2 unspecified atom stereocenters. The minimum Gasteiger partial charge on any atom is -0.480 e. The molecule has 0 aromatic heterocycles. The second-order valence-electron chi connectivity index (χ2n) is 13.6. The van der Waals surface area contributed by atoms with Gasteiger partial charge in [0, 0.05) is 12.8 Å². The van der Waals surface area contributed by atoms with Crippen LogP contribution < -0.4 is 5.73 Å². The number of nitrogens with two attached hydrogens (primary N) is 1. The van der Waals surface area contributed by atoms with Crippen LogP contribution in [0, 0.1) is 0 Å². The molecule has 0 radical (unpaired) electrons. The number of carboxylic acid groups (broad SMARTS) is 1. The molecule has 5 N–H and O–H groups in total. The SMILES string of the molecule is CC/C=C/CC(O)/C=C/C=C/CCCCCCCC(=O)O[C@H](COC(=O)CCCCCCCCCCCCCCC)COP(=O)(O)OC[C@H](N)C(=O)O.